The van der Waals surface area contributed by atoms with E-state index in [1.54, 1.807) is 0 Å². The monoisotopic (exact) mass is 182 g/mol. The van der Waals surface area contributed by atoms with E-state index in [-0.39, 0.29) is 13.0 Å². The normalized spacial score (nSPS) is 21.0. The van der Waals surface area contributed by atoms with Gasteiger partial charge >= 0.3 is 0 Å². The molecule has 1 aliphatic carbocycles. The molecule has 0 saturated heterocycles. The molecule has 0 heterocycles. The molecule has 0 spiro atoms. The van der Waals surface area contributed by atoms with Gasteiger partial charge in [-0.3, -0.25) is 0 Å². The molecule has 1 N–H and O–H groups in total. The van der Waals surface area contributed by atoms with E-state index in [1.807, 2.05) is 0 Å². The predicted molar refractivity (Wildman–Crippen MR) is 38.9 cm³/mol. The number of halogens is 3. The zero-order valence-corrected chi connectivity index (χ0v) is 6.82. The van der Waals surface area contributed by atoms with Crippen molar-refractivity contribution in [1.29, 1.82) is 0 Å². The van der Waals surface area contributed by atoms with Gasteiger partial charge in [0, 0.05) is 12.0 Å². The van der Waals surface area contributed by atoms with Gasteiger partial charge in [-0.25, -0.2) is 13.2 Å². The smallest absolute Gasteiger partial charge is 0.281 e. The Bertz CT molecular complexity index is 154. The molecule has 0 atom stereocenters. The molecule has 1 nitrogen and oxygen atoms in total. The topological polar surface area (TPSA) is 20.2 Å². The average molecular weight is 182 g/mol. The number of hydrogen-bond donors (Lipinski definition) is 1. The van der Waals surface area contributed by atoms with Crippen molar-refractivity contribution in [3.8, 4) is 0 Å². The van der Waals surface area contributed by atoms with Crippen LogP contribution in [0.5, 0.6) is 0 Å². The average Bonchev–Trinajstić information content (AvgIpc) is 2.82. The third-order valence-corrected chi connectivity index (χ3v) is 2.61. The predicted octanol–water partition coefficient (Wildman–Crippen LogP) is 2.14. The van der Waals surface area contributed by atoms with Crippen molar-refractivity contribution in [3.63, 3.8) is 0 Å². The third kappa shape index (κ3) is 1.58. The molecule has 0 aliphatic heterocycles. The highest BCUT2D eigenvalue weighted by Gasteiger charge is 2.60. The fraction of sp³-hybridized carbons (Fsp3) is 1.00. The minimum absolute atomic E-state index is 0.0931. The van der Waals surface area contributed by atoms with Gasteiger partial charge in [0.1, 0.15) is 0 Å². The van der Waals surface area contributed by atoms with Crippen molar-refractivity contribution in [2.24, 2.45) is 5.41 Å². The van der Waals surface area contributed by atoms with Gasteiger partial charge in [-0.15, -0.1) is 0 Å². The summed E-state index contributed by atoms with van der Waals surface area (Å²) < 4.78 is 37.6. The first-order valence-electron chi connectivity index (χ1n) is 4.13. The first kappa shape index (κ1) is 9.84. The molecule has 72 valence electrons. The second-order valence-corrected chi connectivity index (χ2v) is 3.45. The SMILES string of the molecule is OCCCC1(C(F)(F)CF)CC1. The summed E-state index contributed by atoms with van der Waals surface area (Å²) in [4.78, 5) is 0. The largest absolute Gasteiger partial charge is 0.396 e. The Morgan fingerprint density at radius 1 is 1.33 bits per heavy atom. The molecule has 0 bridgehead atoms. The standard InChI is InChI=1S/C8H13F3O/c9-6-8(10,11)7(3-4-7)2-1-5-12/h12H,1-6H2. The van der Waals surface area contributed by atoms with Crippen LogP contribution in [0.4, 0.5) is 13.2 Å². The van der Waals surface area contributed by atoms with Gasteiger partial charge < -0.3 is 5.11 Å². The van der Waals surface area contributed by atoms with Gasteiger partial charge in [0.2, 0.25) is 0 Å². The van der Waals surface area contributed by atoms with Crippen molar-refractivity contribution < 1.29 is 18.3 Å². The van der Waals surface area contributed by atoms with Gasteiger partial charge in [-0.2, -0.15) is 0 Å². The highest BCUT2D eigenvalue weighted by molar-refractivity contribution is 5.03. The third-order valence-electron chi connectivity index (χ3n) is 2.61. The van der Waals surface area contributed by atoms with E-state index < -0.39 is 18.0 Å². The van der Waals surface area contributed by atoms with Gasteiger partial charge in [0.25, 0.3) is 5.92 Å². The second-order valence-electron chi connectivity index (χ2n) is 3.45. The minimum atomic E-state index is -3.18. The highest BCUT2D eigenvalue weighted by atomic mass is 19.3. The Labute approximate surface area is 69.6 Å². The van der Waals surface area contributed by atoms with Crippen molar-refractivity contribution in [2.75, 3.05) is 13.3 Å². The van der Waals surface area contributed by atoms with Crippen molar-refractivity contribution in [1.82, 2.24) is 0 Å². The Morgan fingerprint density at radius 2 is 1.92 bits per heavy atom. The van der Waals surface area contributed by atoms with Crippen molar-refractivity contribution >= 4 is 0 Å². The van der Waals surface area contributed by atoms with Crippen LogP contribution in [0.1, 0.15) is 25.7 Å². The highest BCUT2D eigenvalue weighted by Crippen LogP contribution is 2.59. The molecular formula is C8H13F3O. The zero-order valence-electron chi connectivity index (χ0n) is 6.82. The van der Waals surface area contributed by atoms with E-state index in [4.69, 9.17) is 5.11 Å². The van der Waals surface area contributed by atoms with E-state index in [0.717, 1.165) is 0 Å². The summed E-state index contributed by atoms with van der Waals surface area (Å²) in [5.74, 6) is -3.18. The van der Waals surface area contributed by atoms with E-state index in [1.165, 1.54) is 0 Å². The number of hydrogen-bond acceptors (Lipinski definition) is 1. The molecule has 4 heteroatoms. The zero-order chi connectivity index (χ0) is 9.24. The molecule has 1 rings (SSSR count). The van der Waals surface area contributed by atoms with E-state index in [0.29, 0.717) is 19.3 Å². The lowest BCUT2D eigenvalue weighted by atomic mass is 9.93. The van der Waals surface area contributed by atoms with Crippen LogP contribution < -0.4 is 0 Å². The Morgan fingerprint density at radius 3 is 2.25 bits per heavy atom. The van der Waals surface area contributed by atoms with Crippen LogP contribution in [0, 0.1) is 5.41 Å². The maximum atomic E-state index is 12.9. The summed E-state index contributed by atoms with van der Waals surface area (Å²) in [6.45, 7) is -1.66. The van der Waals surface area contributed by atoms with Crippen molar-refractivity contribution in [2.45, 2.75) is 31.6 Å². The summed E-state index contributed by atoms with van der Waals surface area (Å²) in [7, 11) is 0. The van der Waals surface area contributed by atoms with Crippen LogP contribution in [-0.4, -0.2) is 24.3 Å². The molecule has 0 aromatic heterocycles. The maximum Gasteiger partial charge on any atom is 0.281 e. The number of aliphatic hydroxyl groups is 1. The number of rotatable bonds is 5. The van der Waals surface area contributed by atoms with Crippen LogP contribution in [0.15, 0.2) is 0 Å². The van der Waals surface area contributed by atoms with Crippen LogP contribution in [0.25, 0.3) is 0 Å². The molecule has 0 aromatic carbocycles. The first-order chi connectivity index (χ1) is 5.58. The van der Waals surface area contributed by atoms with Gasteiger partial charge in [0.15, 0.2) is 6.67 Å². The maximum absolute atomic E-state index is 12.9. The number of alkyl halides is 3. The van der Waals surface area contributed by atoms with Crippen LogP contribution in [0.2, 0.25) is 0 Å². The lowest BCUT2D eigenvalue weighted by Crippen LogP contribution is -2.32. The molecule has 12 heavy (non-hydrogen) atoms. The molecule has 0 unspecified atom stereocenters. The Kier molecular flexibility index (Phi) is 2.66. The minimum Gasteiger partial charge on any atom is -0.396 e. The lowest BCUT2D eigenvalue weighted by Gasteiger charge is -2.23. The summed E-state index contributed by atoms with van der Waals surface area (Å²) >= 11 is 0. The quantitative estimate of drug-likeness (QED) is 0.690. The van der Waals surface area contributed by atoms with Crippen LogP contribution in [0.3, 0.4) is 0 Å². The molecular weight excluding hydrogens is 169 g/mol. The summed E-state index contributed by atoms with van der Waals surface area (Å²) in [6.07, 6.45) is 1.36. The van der Waals surface area contributed by atoms with Crippen molar-refractivity contribution in [3.05, 3.63) is 0 Å². The molecule has 1 saturated carbocycles. The molecule has 1 aliphatic rings. The Hall–Kier alpha value is -0.250. The Balaban J connectivity index is 2.48. The van der Waals surface area contributed by atoms with E-state index >= 15 is 0 Å². The fourth-order valence-electron chi connectivity index (χ4n) is 1.51. The summed E-state index contributed by atoms with van der Waals surface area (Å²) in [5, 5.41) is 8.46. The lowest BCUT2D eigenvalue weighted by molar-refractivity contribution is -0.0938. The van der Waals surface area contributed by atoms with Gasteiger partial charge in [0.05, 0.1) is 0 Å². The van der Waals surface area contributed by atoms with Crippen LogP contribution in [-0.2, 0) is 0 Å². The molecule has 0 amide bonds. The second kappa shape index (κ2) is 3.24. The van der Waals surface area contributed by atoms with Gasteiger partial charge in [-0.05, 0) is 25.7 Å². The summed E-state index contributed by atoms with van der Waals surface area (Å²) in [5.41, 5.74) is -1.12. The fourth-order valence-corrected chi connectivity index (χ4v) is 1.51. The number of aliphatic hydroxyl groups excluding tert-OH is 1. The first-order valence-corrected chi connectivity index (χ1v) is 4.13. The molecule has 0 aromatic rings. The van der Waals surface area contributed by atoms with Gasteiger partial charge in [-0.1, -0.05) is 0 Å². The van der Waals surface area contributed by atoms with E-state index in [9.17, 15) is 13.2 Å². The van der Waals surface area contributed by atoms with Crippen LogP contribution >= 0.6 is 0 Å². The molecule has 1 fully saturated rings. The summed E-state index contributed by atoms with van der Waals surface area (Å²) in [6, 6.07) is 0. The van der Waals surface area contributed by atoms with E-state index in [2.05, 4.69) is 0 Å². The molecule has 0 radical (unpaired) electrons.